The van der Waals surface area contributed by atoms with Crippen molar-refractivity contribution in [2.75, 3.05) is 0 Å². The molecule has 1 atom stereocenters. The van der Waals surface area contributed by atoms with Gasteiger partial charge in [0.15, 0.2) is 0 Å². The Labute approximate surface area is 92.1 Å². The van der Waals surface area contributed by atoms with Crippen molar-refractivity contribution in [3.63, 3.8) is 0 Å². The standard InChI is InChI=1S/C10H9ClO3S/c1-7(15(11,12)13)9-6-14-10-5-3-2-4-8(9)10/h2-7H,1H3. The van der Waals surface area contributed by atoms with E-state index >= 15 is 0 Å². The summed E-state index contributed by atoms with van der Waals surface area (Å²) in [5.41, 5.74) is 1.26. The van der Waals surface area contributed by atoms with Gasteiger partial charge in [0, 0.05) is 21.6 Å². The molecule has 0 amide bonds. The molecule has 0 radical (unpaired) electrons. The third-order valence-corrected chi connectivity index (χ3v) is 4.27. The number of benzene rings is 1. The van der Waals surface area contributed by atoms with Gasteiger partial charge in [0.05, 0.1) is 6.26 Å². The van der Waals surface area contributed by atoms with E-state index in [0.717, 1.165) is 5.39 Å². The van der Waals surface area contributed by atoms with E-state index in [1.807, 2.05) is 18.2 Å². The van der Waals surface area contributed by atoms with Crippen LogP contribution in [0.25, 0.3) is 11.0 Å². The van der Waals surface area contributed by atoms with E-state index < -0.39 is 14.3 Å². The van der Waals surface area contributed by atoms with Crippen LogP contribution in [-0.2, 0) is 9.05 Å². The normalized spacial score (nSPS) is 14.3. The Hall–Kier alpha value is -1.00. The van der Waals surface area contributed by atoms with Crippen molar-refractivity contribution in [2.24, 2.45) is 0 Å². The van der Waals surface area contributed by atoms with Crippen LogP contribution in [0.1, 0.15) is 17.7 Å². The maximum atomic E-state index is 11.2. The number of hydrogen-bond donors (Lipinski definition) is 0. The topological polar surface area (TPSA) is 47.3 Å². The highest BCUT2D eigenvalue weighted by Gasteiger charge is 2.23. The molecular weight excluding hydrogens is 236 g/mol. The van der Waals surface area contributed by atoms with Gasteiger partial charge in [0.2, 0.25) is 9.05 Å². The largest absolute Gasteiger partial charge is 0.464 e. The third kappa shape index (κ3) is 1.87. The smallest absolute Gasteiger partial charge is 0.239 e. The van der Waals surface area contributed by atoms with Crippen LogP contribution in [0.2, 0.25) is 0 Å². The molecule has 2 rings (SSSR count). The summed E-state index contributed by atoms with van der Waals surface area (Å²) in [5.74, 6) is 0. The van der Waals surface area contributed by atoms with E-state index in [0.29, 0.717) is 11.1 Å². The molecule has 1 unspecified atom stereocenters. The molecule has 0 aliphatic heterocycles. The second-order valence-electron chi connectivity index (χ2n) is 3.30. The van der Waals surface area contributed by atoms with Gasteiger partial charge < -0.3 is 4.42 Å². The van der Waals surface area contributed by atoms with Crippen LogP contribution in [0.3, 0.4) is 0 Å². The van der Waals surface area contributed by atoms with Gasteiger partial charge in [-0.15, -0.1) is 0 Å². The highest BCUT2D eigenvalue weighted by atomic mass is 35.7. The van der Waals surface area contributed by atoms with E-state index in [1.165, 1.54) is 6.26 Å². The van der Waals surface area contributed by atoms with Gasteiger partial charge in [-0.3, -0.25) is 0 Å². The number of rotatable bonds is 2. The molecule has 1 heterocycles. The second-order valence-corrected chi connectivity index (χ2v) is 6.25. The average molecular weight is 245 g/mol. The van der Waals surface area contributed by atoms with Crippen molar-refractivity contribution < 1.29 is 12.8 Å². The molecule has 0 N–H and O–H groups in total. The van der Waals surface area contributed by atoms with Gasteiger partial charge in [-0.1, -0.05) is 18.2 Å². The fourth-order valence-corrected chi connectivity index (χ4v) is 2.24. The molecule has 0 bridgehead atoms. The Balaban J connectivity index is 2.63. The molecule has 1 aromatic heterocycles. The molecule has 0 saturated heterocycles. The minimum atomic E-state index is -3.61. The molecular formula is C10H9ClO3S. The number of furan rings is 1. The fourth-order valence-electron chi connectivity index (χ4n) is 1.46. The number of hydrogen-bond acceptors (Lipinski definition) is 3. The SMILES string of the molecule is CC(c1coc2ccccc12)S(=O)(=O)Cl. The van der Waals surface area contributed by atoms with Crippen LogP contribution < -0.4 is 0 Å². The van der Waals surface area contributed by atoms with E-state index in [9.17, 15) is 8.42 Å². The first-order valence-corrected chi connectivity index (χ1v) is 6.77. The maximum Gasteiger partial charge on any atom is 0.239 e. The lowest BCUT2D eigenvalue weighted by Gasteiger charge is -2.04. The Kier molecular flexibility index (Phi) is 2.48. The minimum absolute atomic E-state index is 0.598. The number of halogens is 1. The van der Waals surface area contributed by atoms with Crippen molar-refractivity contribution >= 4 is 30.7 Å². The summed E-state index contributed by atoms with van der Waals surface area (Å²) in [5, 5.41) is 0.0250. The molecule has 15 heavy (non-hydrogen) atoms. The molecule has 3 nitrogen and oxygen atoms in total. The second kappa shape index (κ2) is 3.54. The lowest BCUT2D eigenvalue weighted by Crippen LogP contribution is -2.01. The summed E-state index contributed by atoms with van der Waals surface area (Å²) in [6, 6.07) is 7.25. The lowest BCUT2D eigenvalue weighted by molar-refractivity contribution is 0.593. The molecule has 1 aromatic carbocycles. The molecule has 0 fully saturated rings. The maximum absolute atomic E-state index is 11.2. The van der Waals surface area contributed by atoms with E-state index in [-0.39, 0.29) is 0 Å². The van der Waals surface area contributed by atoms with E-state index in [4.69, 9.17) is 15.1 Å². The summed E-state index contributed by atoms with van der Waals surface area (Å²) in [7, 11) is 1.70. The van der Waals surface area contributed by atoms with Crippen molar-refractivity contribution in [1.82, 2.24) is 0 Å². The average Bonchev–Trinajstić information content (AvgIpc) is 2.58. The first-order chi connectivity index (χ1) is 7.00. The monoisotopic (exact) mass is 244 g/mol. The van der Waals surface area contributed by atoms with Gasteiger partial charge in [-0.2, -0.15) is 0 Å². The summed E-state index contributed by atoms with van der Waals surface area (Å²) in [6.07, 6.45) is 1.44. The summed E-state index contributed by atoms with van der Waals surface area (Å²) >= 11 is 0. The van der Waals surface area contributed by atoms with Crippen LogP contribution in [0, 0.1) is 0 Å². The molecule has 0 aliphatic rings. The van der Waals surface area contributed by atoms with Gasteiger partial charge in [-0.25, -0.2) is 8.42 Å². The fraction of sp³-hybridized carbons (Fsp3) is 0.200. The van der Waals surface area contributed by atoms with Crippen molar-refractivity contribution in [2.45, 2.75) is 12.2 Å². The van der Waals surface area contributed by atoms with Gasteiger partial charge >= 0.3 is 0 Å². The predicted molar refractivity (Wildman–Crippen MR) is 59.4 cm³/mol. The van der Waals surface area contributed by atoms with Crippen LogP contribution >= 0.6 is 10.7 Å². The van der Waals surface area contributed by atoms with Crippen molar-refractivity contribution in [3.05, 3.63) is 36.1 Å². The molecule has 0 spiro atoms. The summed E-state index contributed by atoms with van der Waals surface area (Å²) in [4.78, 5) is 0. The zero-order valence-electron chi connectivity index (χ0n) is 7.98. The van der Waals surface area contributed by atoms with Crippen LogP contribution in [-0.4, -0.2) is 8.42 Å². The van der Waals surface area contributed by atoms with Gasteiger partial charge in [0.1, 0.15) is 10.8 Å². The predicted octanol–water partition coefficient (Wildman–Crippen LogP) is 3.06. The van der Waals surface area contributed by atoms with Gasteiger partial charge in [-0.05, 0) is 13.0 Å². The third-order valence-electron chi connectivity index (χ3n) is 2.37. The van der Waals surface area contributed by atoms with Crippen molar-refractivity contribution in [1.29, 1.82) is 0 Å². The number of para-hydroxylation sites is 1. The first kappa shape index (κ1) is 10.5. The summed E-state index contributed by atoms with van der Waals surface area (Å²) in [6.45, 7) is 1.54. The number of fused-ring (bicyclic) bond motifs is 1. The van der Waals surface area contributed by atoms with Gasteiger partial charge in [0.25, 0.3) is 0 Å². The van der Waals surface area contributed by atoms with E-state index in [1.54, 1.807) is 13.0 Å². The minimum Gasteiger partial charge on any atom is -0.464 e. The van der Waals surface area contributed by atoms with Crippen LogP contribution in [0.5, 0.6) is 0 Å². The van der Waals surface area contributed by atoms with Crippen LogP contribution in [0.15, 0.2) is 34.9 Å². The molecule has 0 aliphatic carbocycles. The Bertz CT molecular complexity index is 585. The van der Waals surface area contributed by atoms with Crippen LogP contribution in [0.4, 0.5) is 0 Å². The zero-order valence-corrected chi connectivity index (χ0v) is 9.55. The molecule has 0 saturated carbocycles. The first-order valence-electron chi connectivity index (χ1n) is 4.40. The molecule has 2 aromatic rings. The molecule has 5 heteroatoms. The van der Waals surface area contributed by atoms with E-state index in [2.05, 4.69) is 0 Å². The Morgan fingerprint density at radius 3 is 2.67 bits per heavy atom. The summed E-state index contributed by atoms with van der Waals surface area (Å²) < 4.78 is 27.6. The highest BCUT2D eigenvalue weighted by Crippen LogP contribution is 2.32. The quantitative estimate of drug-likeness (QED) is 0.763. The molecule has 80 valence electrons. The highest BCUT2D eigenvalue weighted by molar-refractivity contribution is 8.13. The Morgan fingerprint density at radius 1 is 1.33 bits per heavy atom. The zero-order chi connectivity index (χ0) is 11.1. The lowest BCUT2D eigenvalue weighted by atomic mass is 10.1. The Morgan fingerprint density at radius 2 is 2.00 bits per heavy atom. The van der Waals surface area contributed by atoms with Crippen molar-refractivity contribution in [3.8, 4) is 0 Å².